The highest BCUT2D eigenvalue weighted by Gasteiger charge is 2.14. The quantitative estimate of drug-likeness (QED) is 0.887. The maximum absolute atomic E-state index is 13.3. The summed E-state index contributed by atoms with van der Waals surface area (Å²) >= 11 is 0. The molecule has 0 fully saturated rings. The third-order valence-electron chi connectivity index (χ3n) is 2.80. The van der Waals surface area contributed by atoms with Gasteiger partial charge in [-0.05, 0) is 37.1 Å². The average molecular weight is 288 g/mol. The highest BCUT2D eigenvalue weighted by molar-refractivity contribution is 6.07. The lowest BCUT2D eigenvalue weighted by Gasteiger charge is -2.10. The second kappa shape index (κ2) is 6.78. The number of amides is 1. The molecule has 1 amide bonds. The van der Waals surface area contributed by atoms with Gasteiger partial charge in [0.25, 0.3) is 5.91 Å². The Morgan fingerprint density at radius 3 is 2.86 bits per heavy atom. The molecule has 0 radical (unpaired) electrons. The van der Waals surface area contributed by atoms with E-state index in [9.17, 15) is 9.18 Å². The smallest absolute Gasteiger partial charge is 0.260 e. The van der Waals surface area contributed by atoms with E-state index in [0.717, 1.165) is 24.2 Å². The zero-order valence-corrected chi connectivity index (χ0v) is 12.0. The third-order valence-corrected chi connectivity index (χ3v) is 2.80. The van der Waals surface area contributed by atoms with Crippen LogP contribution in [0.25, 0.3) is 0 Å². The Labute approximate surface area is 122 Å². The van der Waals surface area contributed by atoms with Crippen LogP contribution >= 0.6 is 0 Å². The number of aromatic nitrogens is 2. The lowest BCUT2D eigenvalue weighted by molar-refractivity contribution is 0.102. The summed E-state index contributed by atoms with van der Waals surface area (Å²) in [6.45, 7) is 4.55. The molecule has 0 saturated carbocycles. The lowest BCUT2D eigenvalue weighted by Crippen LogP contribution is -2.17. The largest absolute Gasteiger partial charge is 0.369 e. The number of halogens is 1. The van der Waals surface area contributed by atoms with Crippen molar-refractivity contribution in [2.45, 2.75) is 20.3 Å². The van der Waals surface area contributed by atoms with Gasteiger partial charge in [0.05, 0.1) is 11.8 Å². The van der Waals surface area contributed by atoms with Crippen molar-refractivity contribution in [2.24, 2.45) is 0 Å². The minimum Gasteiger partial charge on any atom is -0.369 e. The average Bonchev–Trinajstić information content (AvgIpc) is 2.46. The molecule has 0 atom stereocenters. The Hall–Kier alpha value is -2.50. The van der Waals surface area contributed by atoms with Crippen LogP contribution in [-0.4, -0.2) is 22.4 Å². The first kappa shape index (κ1) is 14.9. The lowest BCUT2D eigenvalue weighted by atomic mass is 10.2. The standard InChI is InChI=1S/C15H17FN4O/c1-3-5-18-14-12(8-11(16)9-19-14)15(21)20-13-7-10(2)4-6-17-13/h4,6-9H,3,5H2,1-2H3,(H,18,19)(H,17,20,21). The third kappa shape index (κ3) is 3.98. The second-order valence-electron chi connectivity index (χ2n) is 4.65. The number of pyridine rings is 2. The molecule has 2 rings (SSSR count). The zero-order chi connectivity index (χ0) is 15.2. The number of aryl methyl sites for hydroxylation is 1. The van der Waals surface area contributed by atoms with Crippen LogP contribution in [0.4, 0.5) is 16.0 Å². The van der Waals surface area contributed by atoms with Gasteiger partial charge in [-0.3, -0.25) is 4.79 Å². The molecule has 2 N–H and O–H groups in total. The summed E-state index contributed by atoms with van der Waals surface area (Å²) in [6, 6.07) is 4.73. The molecule has 0 spiro atoms. The fourth-order valence-electron chi connectivity index (χ4n) is 1.78. The van der Waals surface area contributed by atoms with Crippen molar-refractivity contribution >= 4 is 17.5 Å². The molecular formula is C15H17FN4O. The SMILES string of the molecule is CCCNc1ncc(F)cc1C(=O)Nc1cc(C)ccn1. The van der Waals surface area contributed by atoms with Crippen molar-refractivity contribution in [2.75, 3.05) is 17.2 Å². The van der Waals surface area contributed by atoms with Gasteiger partial charge in [-0.15, -0.1) is 0 Å². The first-order chi connectivity index (χ1) is 10.1. The molecular weight excluding hydrogens is 271 g/mol. The monoisotopic (exact) mass is 288 g/mol. The summed E-state index contributed by atoms with van der Waals surface area (Å²) in [6.07, 6.45) is 3.56. The molecule has 0 unspecified atom stereocenters. The number of nitrogens with zero attached hydrogens (tertiary/aromatic N) is 2. The Morgan fingerprint density at radius 1 is 1.33 bits per heavy atom. The molecule has 0 bridgehead atoms. The first-order valence-corrected chi connectivity index (χ1v) is 6.73. The molecule has 0 aliphatic carbocycles. The molecule has 5 nitrogen and oxygen atoms in total. The minimum absolute atomic E-state index is 0.159. The van der Waals surface area contributed by atoms with E-state index in [1.54, 1.807) is 12.3 Å². The minimum atomic E-state index is -0.556. The Bertz CT molecular complexity index is 645. The Balaban J connectivity index is 2.23. The van der Waals surface area contributed by atoms with E-state index in [2.05, 4.69) is 20.6 Å². The van der Waals surface area contributed by atoms with Crippen LogP contribution < -0.4 is 10.6 Å². The molecule has 2 heterocycles. The van der Waals surface area contributed by atoms with Crippen molar-refractivity contribution in [3.05, 3.63) is 47.5 Å². The van der Waals surface area contributed by atoms with Crippen LogP contribution in [0.15, 0.2) is 30.6 Å². The number of carbonyl (C=O) groups excluding carboxylic acids is 1. The Kier molecular flexibility index (Phi) is 4.81. The van der Waals surface area contributed by atoms with Crippen LogP contribution in [0.5, 0.6) is 0 Å². The first-order valence-electron chi connectivity index (χ1n) is 6.73. The topological polar surface area (TPSA) is 66.9 Å². The van der Waals surface area contributed by atoms with Crippen LogP contribution in [0.1, 0.15) is 29.3 Å². The van der Waals surface area contributed by atoms with E-state index in [-0.39, 0.29) is 5.56 Å². The summed E-state index contributed by atoms with van der Waals surface area (Å²) in [5.41, 5.74) is 1.13. The summed E-state index contributed by atoms with van der Waals surface area (Å²) in [5, 5.41) is 5.66. The van der Waals surface area contributed by atoms with Crippen LogP contribution in [0.3, 0.4) is 0 Å². The number of anilines is 2. The van der Waals surface area contributed by atoms with Crippen LogP contribution in [0.2, 0.25) is 0 Å². The van der Waals surface area contributed by atoms with Gasteiger partial charge in [0.2, 0.25) is 0 Å². The molecule has 21 heavy (non-hydrogen) atoms. The Morgan fingerprint density at radius 2 is 2.14 bits per heavy atom. The van der Waals surface area contributed by atoms with Gasteiger partial charge in [-0.1, -0.05) is 6.92 Å². The van der Waals surface area contributed by atoms with Crippen molar-refractivity contribution in [3.63, 3.8) is 0 Å². The van der Waals surface area contributed by atoms with Gasteiger partial charge in [-0.2, -0.15) is 0 Å². The maximum atomic E-state index is 13.3. The number of hydrogen-bond donors (Lipinski definition) is 2. The van der Waals surface area contributed by atoms with Gasteiger partial charge in [-0.25, -0.2) is 14.4 Å². The van der Waals surface area contributed by atoms with E-state index in [4.69, 9.17) is 0 Å². The van der Waals surface area contributed by atoms with Crippen molar-refractivity contribution < 1.29 is 9.18 Å². The summed E-state index contributed by atoms with van der Waals surface area (Å²) < 4.78 is 13.3. The molecule has 0 aliphatic heterocycles. The van der Waals surface area contributed by atoms with Gasteiger partial charge in [0, 0.05) is 12.7 Å². The van der Waals surface area contributed by atoms with E-state index in [0.29, 0.717) is 18.2 Å². The van der Waals surface area contributed by atoms with Gasteiger partial charge >= 0.3 is 0 Å². The van der Waals surface area contributed by atoms with Crippen molar-refractivity contribution in [1.29, 1.82) is 0 Å². The van der Waals surface area contributed by atoms with Crippen LogP contribution in [0, 0.1) is 12.7 Å². The summed E-state index contributed by atoms with van der Waals surface area (Å²) in [5.74, 6) is -0.216. The molecule has 0 saturated heterocycles. The van der Waals surface area contributed by atoms with Gasteiger partial charge < -0.3 is 10.6 Å². The molecule has 2 aromatic rings. The van der Waals surface area contributed by atoms with E-state index in [1.807, 2.05) is 19.9 Å². The summed E-state index contributed by atoms with van der Waals surface area (Å²) in [7, 11) is 0. The molecule has 110 valence electrons. The predicted octanol–water partition coefficient (Wildman–Crippen LogP) is 3.00. The van der Waals surface area contributed by atoms with E-state index >= 15 is 0 Å². The number of nitrogens with one attached hydrogen (secondary N) is 2. The molecule has 0 aliphatic rings. The highest BCUT2D eigenvalue weighted by Crippen LogP contribution is 2.16. The van der Waals surface area contributed by atoms with E-state index in [1.165, 1.54) is 0 Å². The molecule has 0 aromatic carbocycles. The van der Waals surface area contributed by atoms with Crippen LogP contribution in [-0.2, 0) is 0 Å². The fourth-order valence-corrected chi connectivity index (χ4v) is 1.78. The summed E-state index contributed by atoms with van der Waals surface area (Å²) in [4.78, 5) is 20.2. The van der Waals surface area contributed by atoms with Gasteiger partial charge in [0.1, 0.15) is 17.5 Å². The normalized spacial score (nSPS) is 10.2. The zero-order valence-electron chi connectivity index (χ0n) is 12.0. The number of rotatable bonds is 5. The van der Waals surface area contributed by atoms with Crippen molar-refractivity contribution in [1.82, 2.24) is 9.97 Å². The van der Waals surface area contributed by atoms with Gasteiger partial charge in [0.15, 0.2) is 0 Å². The fraction of sp³-hybridized carbons (Fsp3) is 0.267. The number of carbonyl (C=O) groups is 1. The van der Waals surface area contributed by atoms with E-state index < -0.39 is 11.7 Å². The maximum Gasteiger partial charge on any atom is 0.260 e. The van der Waals surface area contributed by atoms with Crippen molar-refractivity contribution in [3.8, 4) is 0 Å². The predicted molar refractivity (Wildman–Crippen MR) is 79.9 cm³/mol. The number of hydrogen-bond acceptors (Lipinski definition) is 4. The second-order valence-corrected chi connectivity index (χ2v) is 4.65. The molecule has 6 heteroatoms. The molecule has 2 aromatic heterocycles. The highest BCUT2D eigenvalue weighted by atomic mass is 19.1.